The van der Waals surface area contributed by atoms with E-state index in [9.17, 15) is 29.1 Å². The zero-order valence-corrected chi connectivity index (χ0v) is 35.9. The van der Waals surface area contributed by atoms with E-state index in [4.69, 9.17) is 19.2 Å². The number of pyridine rings is 1. The molecule has 1 saturated heterocycles. The van der Waals surface area contributed by atoms with Crippen LogP contribution in [0.4, 0.5) is 9.93 Å². The van der Waals surface area contributed by atoms with Crippen LogP contribution < -0.4 is 25.4 Å². The molecule has 0 bridgehead atoms. The number of carbonyl (C=O) groups excluding carboxylic acids is 4. The van der Waals surface area contributed by atoms with E-state index in [1.54, 1.807) is 24.6 Å². The lowest BCUT2D eigenvalue weighted by Gasteiger charge is -2.35. The van der Waals surface area contributed by atoms with Crippen molar-refractivity contribution in [2.24, 2.45) is 16.7 Å². The van der Waals surface area contributed by atoms with E-state index in [0.717, 1.165) is 31.2 Å². The lowest BCUT2D eigenvalue weighted by molar-refractivity contribution is -0.146. The molecule has 2 aliphatic carbocycles. The van der Waals surface area contributed by atoms with Crippen molar-refractivity contribution < 1.29 is 43.3 Å². The Morgan fingerprint density at radius 1 is 1.05 bits per heavy atom. The van der Waals surface area contributed by atoms with Crippen LogP contribution in [-0.4, -0.2) is 93.2 Å². The number of hydrogen-bond acceptors (Lipinski definition) is 11. The number of ether oxygens (including phenoxy) is 3. The number of carboxylic acid groups (broad SMARTS) is 1. The van der Waals surface area contributed by atoms with Gasteiger partial charge in [0.2, 0.25) is 17.7 Å². The van der Waals surface area contributed by atoms with Crippen LogP contribution in [0, 0.1) is 23.7 Å². The fraction of sp³-hybridized carbons (Fsp3) is 0.558. The number of likely N-dealkylation sites (tertiary alicyclic amines) is 1. The Hall–Kier alpha value is -5.25. The van der Waals surface area contributed by atoms with Gasteiger partial charge in [0.05, 0.1) is 24.9 Å². The molecule has 1 aliphatic heterocycles. The maximum atomic E-state index is 14.7. The average Bonchev–Trinajstić information content (AvgIpc) is 3.56. The molecule has 5 atom stereocenters. The lowest BCUT2D eigenvalue weighted by Crippen LogP contribution is -2.59. The topological polar surface area (TPSA) is 198 Å². The number of aryl methyl sites for hydroxylation is 1. The largest absolute Gasteiger partial charge is 0.496 e. The summed E-state index contributed by atoms with van der Waals surface area (Å²) in [7, 11) is 1.57. The second-order valence-electron chi connectivity index (χ2n) is 18.2. The number of methoxy groups -OCH3 is 1. The van der Waals surface area contributed by atoms with E-state index in [1.165, 1.54) is 22.3 Å². The highest BCUT2D eigenvalue weighted by Crippen LogP contribution is 2.45. The highest BCUT2D eigenvalue weighted by molar-refractivity contribution is 7.14. The molecule has 2 saturated carbocycles. The first-order chi connectivity index (χ1) is 27.7. The lowest BCUT2D eigenvalue weighted by atomic mass is 9.85. The number of carbonyl (C=O) groups is 5. The van der Waals surface area contributed by atoms with Gasteiger partial charge in [0.1, 0.15) is 47.0 Å². The Morgan fingerprint density at radius 2 is 1.76 bits per heavy atom. The number of amides is 4. The van der Waals surface area contributed by atoms with Gasteiger partial charge in [-0.2, -0.15) is 0 Å². The van der Waals surface area contributed by atoms with Gasteiger partial charge in [-0.15, -0.1) is 17.9 Å². The third kappa shape index (κ3) is 9.63. The van der Waals surface area contributed by atoms with Crippen molar-refractivity contribution in [1.82, 2.24) is 25.5 Å². The van der Waals surface area contributed by atoms with Crippen molar-refractivity contribution in [2.75, 3.05) is 19.0 Å². The van der Waals surface area contributed by atoms with E-state index in [2.05, 4.69) is 27.5 Å². The van der Waals surface area contributed by atoms with E-state index in [1.807, 2.05) is 54.5 Å². The summed E-state index contributed by atoms with van der Waals surface area (Å²) >= 11 is 1.27. The fourth-order valence-corrected chi connectivity index (χ4v) is 8.64. The molecule has 3 aromatic rings. The summed E-state index contributed by atoms with van der Waals surface area (Å²) in [4.78, 5) is 78.1. The molecule has 3 aliphatic rings. The molecule has 0 spiro atoms. The molecule has 59 heavy (non-hydrogen) atoms. The van der Waals surface area contributed by atoms with Gasteiger partial charge in [0.15, 0.2) is 5.13 Å². The number of aliphatic carboxylic acids is 1. The summed E-state index contributed by atoms with van der Waals surface area (Å²) < 4.78 is 18.0. The number of hydrogen-bond donors (Lipinski definition) is 4. The third-order valence-electron chi connectivity index (χ3n) is 11.2. The fourth-order valence-electron chi connectivity index (χ4n) is 7.92. The van der Waals surface area contributed by atoms with E-state index in [0.29, 0.717) is 45.3 Å². The van der Waals surface area contributed by atoms with Crippen molar-refractivity contribution in [3.8, 4) is 22.9 Å². The quantitative estimate of drug-likeness (QED) is 0.135. The van der Waals surface area contributed by atoms with Crippen molar-refractivity contribution in [3.05, 3.63) is 41.8 Å². The molecule has 3 fully saturated rings. The number of anilines is 1. The number of benzene rings is 1. The second kappa shape index (κ2) is 16.8. The summed E-state index contributed by atoms with van der Waals surface area (Å²) in [6, 6.07) is 3.13. The van der Waals surface area contributed by atoms with Gasteiger partial charge in [0, 0.05) is 41.2 Å². The molecule has 318 valence electrons. The van der Waals surface area contributed by atoms with Crippen molar-refractivity contribution in [1.29, 1.82) is 0 Å². The summed E-state index contributed by atoms with van der Waals surface area (Å²) in [6.07, 6.45) is 3.73. The zero-order chi connectivity index (χ0) is 43.0. The number of alkyl carbamates (subject to hydrolysis) is 1. The zero-order valence-electron chi connectivity index (χ0n) is 35.1. The molecule has 16 heteroatoms. The molecule has 5 unspecified atom stereocenters. The Labute approximate surface area is 348 Å². The van der Waals surface area contributed by atoms with Gasteiger partial charge in [-0.25, -0.2) is 19.6 Å². The van der Waals surface area contributed by atoms with Gasteiger partial charge in [-0.1, -0.05) is 47.6 Å². The van der Waals surface area contributed by atoms with Crippen LogP contribution in [0.5, 0.6) is 11.5 Å². The molecular weight excluding hydrogens is 777 g/mol. The molecular formula is C43H56N6O9S. The van der Waals surface area contributed by atoms with Crippen LogP contribution >= 0.6 is 11.3 Å². The van der Waals surface area contributed by atoms with Crippen LogP contribution in [0.3, 0.4) is 0 Å². The molecule has 3 heterocycles. The minimum Gasteiger partial charge on any atom is -0.496 e. The molecule has 0 radical (unpaired) electrons. The van der Waals surface area contributed by atoms with E-state index < -0.39 is 58.9 Å². The highest BCUT2D eigenvalue weighted by atomic mass is 32.1. The monoisotopic (exact) mass is 832 g/mol. The normalized spacial score (nSPS) is 22.4. The van der Waals surface area contributed by atoms with E-state index in [-0.39, 0.29) is 36.8 Å². The number of aromatic nitrogens is 2. The number of nitrogens with zero attached hydrogens (tertiary/aromatic N) is 3. The smallest absolute Gasteiger partial charge is 0.408 e. The molecule has 6 rings (SSSR count). The van der Waals surface area contributed by atoms with Crippen LogP contribution in [0.25, 0.3) is 22.3 Å². The van der Waals surface area contributed by atoms with Gasteiger partial charge in [-0.05, 0) is 62.0 Å². The first kappa shape index (κ1) is 43.3. The predicted octanol–water partition coefficient (Wildman–Crippen LogP) is 6.63. The number of carboxylic acids is 1. The number of thiazole rings is 1. The predicted molar refractivity (Wildman–Crippen MR) is 223 cm³/mol. The molecule has 4 amide bonds. The van der Waals surface area contributed by atoms with Crippen LogP contribution in [0.1, 0.15) is 92.1 Å². The minimum absolute atomic E-state index is 0.0182. The SMILES string of the molecule is C=CC1CC1(NC(=O)C1CC(Oc2cc(-c3csc(NC(=O)CC(C)(C)C)n3)nc3c(C)c(OC)ccc23)CN1C(=O)C(NC(=O)OC1CCCC1)C(C)(C)C)C(=O)O. The summed E-state index contributed by atoms with van der Waals surface area (Å²) in [5.74, 6) is -1.99. The van der Waals surface area contributed by atoms with Gasteiger partial charge >= 0.3 is 12.1 Å². The number of nitrogens with one attached hydrogen (secondary N) is 3. The van der Waals surface area contributed by atoms with Gasteiger partial charge < -0.3 is 40.2 Å². The van der Waals surface area contributed by atoms with Crippen molar-refractivity contribution >= 4 is 57.2 Å². The van der Waals surface area contributed by atoms with Crippen LogP contribution in [-0.2, 0) is 23.9 Å². The third-order valence-corrected chi connectivity index (χ3v) is 11.9. The summed E-state index contributed by atoms with van der Waals surface area (Å²) in [6.45, 7) is 16.9. The number of rotatable bonds is 13. The van der Waals surface area contributed by atoms with Gasteiger partial charge in [-0.3, -0.25) is 14.4 Å². The highest BCUT2D eigenvalue weighted by Gasteiger charge is 2.61. The van der Waals surface area contributed by atoms with Crippen LogP contribution in [0.15, 0.2) is 36.2 Å². The average molecular weight is 833 g/mol. The molecule has 2 aromatic heterocycles. The second-order valence-corrected chi connectivity index (χ2v) is 19.0. The minimum atomic E-state index is -1.54. The first-order valence-corrected chi connectivity index (χ1v) is 21.0. The Kier molecular flexibility index (Phi) is 12.3. The Morgan fingerprint density at radius 3 is 2.37 bits per heavy atom. The summed E-state index contributed by atoms with van der Waals surface area (Å²) in [5.41, 5.74) is -0.263. The standard InChI is InChI=1S/C43H56N6O9S/c1-10-24-19-43(24,38(53)54)48-36(51)30-17-26(21-49(30)37(52)35(42(6,7)8)47-40(55)58-25-13-11-12-14-25)57-32-18-28(44-34-23(2)31(56-9)16-15-27(32)34)29-22-59-39(45-29)46-33(50)20-41(3,4)5/h10,15-16,18,22,24-26,30,35H,1,11-14,17,19-21H2,2-9H3,(H,47,55)(H,48,51)(H,53,54)(H,45,46,50). The Bertz CT molecular complexity index is 2130. The number of fused-ring (bicyclic) bond motifs is 1. The Balaban J connectivity index is 1.33. The maximum absolute atomic E-state index is 14.7. The summed E-state index contributed by atoms with van der Waals surface area (Å²) in [5, 5.41) is 21.4. The molecule has 4 N–H and O–H groups in total. The first-order valence-electron chi connectivity index (χ1n) is 20.1. The maximum Gasteiger partial charge on any atom is 0.408 e. The van der Waals surface area contributed by atoms with Gasteiger partial charge in [0.25, 0.3) is 0 Å². The van der Waals surface area contributed by atoms with Crippen molar-refractivity contribution in [2.45, 2.75) is 123 Å². The van der Waals surface area contributed by atoms with Crippen molar-refractivity contribution in [3.63, 3.8) is 0 Å². The van der Waals surface area contributed by atoms with Crippen LogP contribution in [0.2, 0.25) is 0 Å². The van der Waals surface area contributed by atoms with E-state index >= 15 is 0 Å². The molecule has 15 nitrogen and oxygen atoms in total. The molecule has 1 aromatic carbocycles.